The number of fused-ring (bicyclic) bond motifs is 3. The van der Waals surface area contributed by atoms with Gasteiger partial charge in [0.2, 0.25) is 0 Å². The van der Waals surface area contributed by atoms with Gasteiger partial charge in [0, 0.05) is 17.5 Å². The quantitative estimate of drug-likeness (QED) is 0.374. The van der Waals surface area contributed by atoms with Crippen LogP contribution >= 0.6 is 0 Å². The van der Waals surface area contributed by atoms with Crippen molar-refractivity contribution in [3.8, 4) is 22.4 Å². The van der Waals surface area contributed by atoms with Gasteiger partial charge in [-0.25, -0.2) is 4.39 Å². The van der Waals surface area contributed by atoms with E-state index in [9.17, 15) is 19.4 Å². The second kappa shape index (κ2) is 11.1. The van der Waals surface area contributed by atoms with Gasteiger partial charge in [-0.2, -0.15) is 0 Å². The van der Waals surface area contributed by atoms with Crippen LogP contribution in [0.1, 0.15) is 61.4 Å². The van der Waals surface area contributed by atoms with Gasteiger partial charge >= 0.3 is 5.97 Å². The van der Waals surface area contributed by atoms with Crippen molar-refractivity contribution in [2.45, 2.75) is 64.1 Å². The van der Waals surface area contributed by atoms with Crippen LogP contribution in [0.5, 0.6) is 0 Å². The van der Waals surface area contributed by atoms with E-state index in [2.05, 4.69) is 26.0 Å². The van der Waals surface area contributed by atoms with E-state index >= 15 is 0 Å². The smallest absolute Gasteiger partial charge is 0.305 e. The van der Waals surface area contributed by atoms with Gasteiger partial charge in [0.15, 0.2) is 0 Å². The summed E-state index contributed by atoms with van der Waals surface area (Å²) < 4.78 is 13.9. The molecule has 0 amide bonds. The fourth-order valence-electron chi connectivity index (χ4n) is 4.95. The Bertz CT molecular complexity index is 1270. The molecule has 5 nitrogen and oxygen atoms in total. The molecule has 1 aromatic heterocycles. The zero-order chi connectivity index (χ0) is 25.8. The van der Waals surface area contributed by atoms with Crippen LogP contribution in [0.4, 0.5) is 4.39 Å². The predicted molar refractivity (Wildman–Crippen MR) is 139 cm³/mol. The largest absolute Gasteiger partial charge is 0.481 e. The lowest BCUT2D eigenvalue weighted by Crippen LogP contribution is -2.19. The fraction of sp³-hybridized carbons (Fsp3) is 0.333. The minimum absolute atomic E-state index is 0.0688. The molecule has 0 spiro atoms. The van der Waals surface area contributed by atoms with Gasteiger partial charge < -0.3 is 15.3 Å². The highest BCUT2D eigenvalue weighted by molar-refractivity contribution is 5.85. The highest BCUT2D eigenvalue weighted by atomic mass is 19.1. The molecule has 6 heteroatoms. The van der Waals surface area contributed by atoms with Gasteiger partial charge in [-0.1, -0.05) is 62.4 Å². The topological polar surface area (TPSA) is 90.7 Å². The van der Waals surface area contributed by atoms with Crippen molar-refractivity contribution in [2.24, 2.45) is 0 Å². The molecule has 1 aliphatic carbocycles. The molecule has 0 saturated heterocycles. The lowest BCUT2D eigenvalue weighted by molar-refractivity contribution is -0.139. The van der Waals surface area contributed by atoms with E-state index in [1.165, 1.54) is 17.7 Å². The lowest BCUT2D eigenvalue weighted by Gasteiger charge is -2.22. The van der Waals surface area contributed by atoms with E-state index < -0.39 is 24.6 Å². The van der Waals surface area contributed by atoms with Gasteiger partial charge in [-0.05, 0) is 59.6 Å². The van der Waals surface area contributed by atoms with Crippen LogP contribution in [0, 0.1) is 5.82 Å². The number of aliphatic hydroxyl groups is 2. The number of hydrogen-bond donors (Lipinski definition) is 3. The minimum atomic E-state index is -1.15. The van der Waals surface area contributed by atoms with Gasteiger partial charge in [0.05, 0.1) is 30.0 Å². The number of rotatable bonds is 8. The second-order valence-corrected chi connectivity index (χ2v) is 9.70. The van der Waals surface area contributed by atoms with Crippen LogP contribution in [0.3, 0.4) is 0 Å². The number of aromatic nitrogens is 1. The number of aliphatic carboxylic acids is 1. The highest BCUT2D eigenvalue weighted by Gasteiger charge is 2.25. The third-order valence-electron chi connectivity index (χ3n) is 6.60. The number of aliphatic hydroxyl groups excluding tert-OH is 2. The van der Waals surface area contributed by atoms with Crippen LogP contribution in [-0.4, -0.2) is 38.5 Å². The summed E-state index contributed by atoms with van der Waals surface area (Å²) in [6, 6.07) is 14.8. The summed E-state index contributed by atoms with van der Waals surface area (Å²) >= 11 is 0. The summed E-state index contributed by atoms with van der Waals surface area (Å²) in [5.74, 6) is -1.36. The maximum atomic E-state index is 13.9. The molecule has 0 aliphatic heterocycles. The number of benzene rings is 2. The Balaban J connectivity index is 1.90. The molecule has 0 bridgehead atoms. The minimum Gasteiger partial charge on any atom is -0.481 e. The van der Waals surface area contributed by atoms with Crippen LogP contribution in [0.15, 0.2) is 54.6 Å². The number of pyridine rings is 1. The van der Waals surface area contributed by atoms with Crippen LogP contribution in [0.2, 0.25) is 0 Å². The molecule has 36 heavy (non-hydrogen) atoms. The first-order chi connectivity index (χ1) is 17.2. The molecule has 3 aromatic rings. The summed E-state index contributed by atoms with van der Waals surface area (Å²) in [6.45, 7) is 4.13. The summed E-state index contributed by atoms with van der Waals surface area (Å²) in [5, 5.41) is 29.4. The van der Waals surface area contributed by atoms with E-state index in [0.29, 0.717) is 0 Å². The SMILES string of the molecule is CC(C)c1nc2c(c(-c3ccc(F)cc3)c1C=CC(O)CC(O)CC(=O)O)CCCc1ccccc1-2. The molecule has 1 heterocycles. The first-order valence-electron chi connectivity index (χ1n) is 12.4. The molecular weight excluding hydrogens is 457 g/mol. The summed E-state index contributed by atoms with van der Waals surface area (Å²) in [4.78, 5) is 16.0. The monoisotopic (exact) mass is 489 g/mol. The van der Waals surface area contributed by atoms with Gasteiger partial charge in [-0.15, -0.1) is 0 Å². The highest BCUT2D eigenvalue weighted by Crippen LogP contribution is 2.42. The molecule has 0 fully saturated rings. The predicted octanol–water partition coefficient (Wildman–Crippen LogP) is 5.77. The molecule has 2 unspecified atom stereocenters. The first-order valence-corrected chi connectivity index (χ1v) is 12.4. The molecule has 0 saturated carbocycles. The molecule has 0 radical (unpaired) electrons. The molecule has 1 aliphatic rings. The van der Waals surface area contributed by atoms with Crippen molar-refractivity contribution < 1.29 is 24.5 Å². The normalized spacial score (nSPS) is 14.8. The molecule has 2 aromatic carbocycles. The third kappa shape index (κ3) is 5.72. The number of halogens is 1. The molecule has 188 valence electrons. The Kier molecular flexibility index (Phi) is 7.97. The number of hydrogen-bond acceptors (Lipinski definition) is 4. The Morgan fingerprint density at radius 1 is 1.08 bits per heavy atom. The van der Waals surface area contributed by atoms with Crippen LogP contribution in [-0.2, 0) is 17.6 Å². The molecule has 2 atom stereocenters. The maximum Gasteiger partial charge on any atom is 0.305 e. The first kappa shape index (κ1) is 25.7. The Labute approximate surface area is 211 Å². The maximum absolute atomic E-state index is 13.9. The average molecular weight is 490 g/mol. The van der Waals surface area contributed by atoms with E-state index in [4.69, 9.17) is 10.1 Å². The van der Waals surface area contributed by atoms with Crippen molar-refractivity contribution >= 4 is 12.0 Å². The van der Waals surface area contributed by atoms with Crippen molar-refractivity contribution in [3.63, 3.8) is 0 Å². The van der Waals surface area contributed by atoms with Crippen molar-refractivity contribution in [3.05, 3.63) is 82.8 Å². The van der Waals surface area contributed by atoms with Crippen LogP contribution in [0.25, 0.3) is 28.5 Å². The zero-order valence-electron chi connectivity index (χ0n) is 20.6. The Hall–Kier alpha value is -3.35. The third-order valence-corrected chi connectivity index (χ3v) is 6.60. The van der Waals surface area contributed by atoms with E-state index in [1.807, 2.05) is 18.2 Å². The lowest BCUT2D eigenvalue weighted by atomic mass is 9.86. The van der Waals surface area contributed by atoms with Crippen LogP contribution < -0.4 is 0 Å². The van der Waals surface area contributed by atoms with E-state index in [-0.39, 0.29) is 18.2 Å². The van der Waals surface area contributed by atoms with E-state index in [1.54, 1.807) is 18.2 Å². The van der Waals surface area contributed by atoms with Gasteiger partial charge in [-0.3, -0.25) is 9.78 Å². The van der Waals surface area contributed by atoms with Crippen molar-refractivity contribution in [2.75, 3.05) is 0 Å². The summed E-state index contributed by atoms with van der Waals surface area (Å²) in [5.41, 5.74) is 7.96. The van der Waals surface area contributed by atoms with E-state index in [0.717, 1.165) is 58.5 Å². The molecular formula is C30H32FNO4. The number of aryl methyl sites for hydroxylation is 1. The van der Waals surface area contributed by atoms with Gasteiger partial charge in [0.25, 0.3) is 0 Å². The van der Waals surface area contributed by atoms with Crippen molar-refractivity contribution in [1.82, 2.24) is 4.98 Å². The standard InChI is InChI=1S/C30H32FNO4/c1-18(2)29-26(15-14-22(33)16-23(34)17-27(35)36)28(20-10-12-21(31)13-11-20)25-9-5-7-19-6-3-4-8-24(19)30(25)32-29/h3-4,6,8,10-15,18,22-23,33-34H,5,7,9,16-17H2,1-2H3,(H,35,36). The Morgan fingerprint density at radius 2 is 1.81 bits per heavy atom. The fourth-order valence-corrected chi connectivity index (χ4v) is 4.95. The van der Waals surface area contributed by atoms with Crippen molar-refractivity contribution in [1.29, 1.82) is 0 Å². The summed E-state index contributed by atoms with van der Waals surface area (Å²) in [6.07, 6.45) is 3.41. The summed E-state index contributed by atoms with van der Waals surface area (Å²) in [7, 11) is 0. The molecule has 4 rings (SSSR count). The number of carbonyl (C=O) groups is 1. The average Bonchev–Trinajstić information content (AvgIpc) is 3.01. The van der Waals surface area contributed by atoms with Gasteiger partial charge in [0.1, 0.15) is 5.82 Å². The molecule has 3 N–H and O–H groups in total. The Morgan fingerprint density at radius 3 is 2.50 bits per heavy atom. The number of carboxylic acid groups (broad SMARTS) is 1. The number of carboxylic acids is 1. The number of nitrogens with zero attached hydrogens (tertiary/aromatic N) is 1. The second-order valence-electron chi connectivity index (χ2n) is 9.70. The zero-order valence-corrected chi connectivity index (χ0v) is 20.6.